The Morgan fingerprint density at radius 3 is 3.00 bits per heavy atom. The molecule has 0 bridgehead atoms. The number of nitrogens with one attached hydrogen (secondary N) is 2. The predicted molar refractivity (Wildman–Crippen MR) is 64.9 cm³/mol. The zero-order valence-corrected chi connectivity index (χ0v) is 9.69. The van der Waals surface area contributed by atoms with Crippen LogP contribution in [0.1, 0.15) is 42.8 Å². The summed E-state index contributed by atoms with van der Waals surface area (Å²) < 4.78 is 0. The topological polar surface area (TPSA) is 27.8 Å². The number of allylic oxidation sites excluding steroid dienone is 1. The van der Waals surface area contributed by atoms with Gasteiger partial charge in [0.25, 0.3) is 0 Å². The standard InChI is InChI=1S/C13H20N2/c1-3-5-10-11-9-14-8-7-13(11)15-12(10)6-4-2/h3,5,14-15H,4,6-9H2,1-2H3/b5-3-. The van der Waals surface area contributed by atoms with Crippen LogP contribution in [0, 0.1) is 0 Å². The van der Waals surface area contributed by atoms with Crippen molar-refractivity contribution in [2.75, 3.05) is 6.54 Å². The number of rotatable bonds is 3. The van der Waals surface area contributed by atoms with Crippen LogP contribution < -0.4 is 5.32 Å². The van der Waals surface area contributed by atoms with E-state index in [1.807, 2.05) is 0 Å². The zero-order valence-electron chi connectivity index (χ0n) is 9.69. The predicted octanol–water partition coefficient (Wildman–Crippen LogP) is 2.65. The van der Waals surface area contributed by atoms with Crippen molar-refractivity contribution < 1.29 is 0 Å². The minimum absolute atomic E-state index is 1.02. The molecule has 1 aromatic rings. The van der Waals surface area contributed by atoms with Crippen molar-refractivity contribution in [3.63, 3.8) is 0 Å². The lowest BCUT2D eigenvalue weighted by atomic mass is 10.0. The molecule has 1 aliphatic heterocycles. The van der Waals surface area contributed by atoms with E-state index in [0.29, 0.717) is 0 Å². The van der Waals surface area contributed by atoms with Crippen molar-refractivity contribution >= 4 is 6.08 Å². The molecule has 0 spiro atoms. The number of aryl methyl sites for hydroxylation is 1. The summed E-state index contributed by atoms with van der Waals surface area (Å²) in [7, 11) is 0. The van der Waals surface area contributed by atoms with Gasteiger partial charge in [0.05, 0.1) is 0 Å². The van der Waals surface area contributed by atoms with E-state index in [9.17, 15) is 0 Å². The van der Waals surface area contributed by atoms with Crippen LogP contribution in [0.2, 0.25) is 0 Å². The van der Waals surface area contributed by atoms with E-state index in [2.05, 4.69) is 36.3 Å². The third-order valence-electron chi connectivity index (χ3n) is 3.00. The molecular weight excluding hydrogens is 184 g/mol. The van der Waals surface area contributed by atoms with Crippen LogP contribution in [0.4, 0.5) is 0 Å². The summed E-state index contributed by atoms with van der Waals surface area (Å²) in [6.45, 7) is 6.45. The van der Waals surface area contributed by atoms with Crippen molar-refractivity contribution in [1.82, 2.24) is 10.3 Å². The Balaban J connectivity index is 2.41. The molecule has 1 aromatic heterocycles. The van der Waals surface area contributed by atoms with Gasteiger partial charge in [0.2, 0.25) is 0 Å². The van der Waals surface area contributed by atoms with Gasteiger partial charge in [-0.1, -0.05) is 25.5 Å². The first-order valence-corrected chi connectivity index (χ1v) is 5.92. The number of aromatic nitrogens is 1. The van der Waals surface area contributed by atoms with E-state index in [4.69, 9.17) is 0 Å². The Hall–Kier alpha value is -1.02. The lowest BCUT2D eigenvalue weighted by Gasteiger charge is -2.13. The molecule has 0 aliphatic carbocycles. The van der Waals surface area contributed by atoms with E-state index < -0.39 is 0 Å². The Morgan fingerprint density at radius 1 is 1.40 bits per heavy atom. The van der Waals surface area contributed by atoms with Crippen LogP contribution in [-0.2, 0) is 19.4 Å². The fourth-order valence-electron chi connectivity index (χ4n) is 2.33. The highest BCUT2D eigenvalue weighted by Gasteiger charge is 2.17. The van der Waals surface area contributed by atoms with Gasteiger partial charge < -0.3 is 10.3 Å². The minimum atomic E-state index is 1.02. The average molecular weight is 204 g/mol. The van der Waals surface area contributed by atoms with Crippen molar-refractivity contribution in [3.8, 4) is 0 Å². The summed E-state index contributed by atoms with van der Waals surface area (Å²) in [6.07, 6.45) is 7.89. The van der Waals surface area contributed by atoms with Gasteiger partial charge in [-0.25, -0.2) is 0 Å². The molecule has 0 radical (unpaired) electrons. The summed E-state index contributed by atoms with van der Waals surface area (Å²) in [5.74, 6) is 0. The van der Waals surface area contributed by atoms with Crippen molar-refractivity contribution in [1.29, 1.82) is 0 Å². The molecule has 15 heavy (non-hydrogen) atoms. The number of aromatic amines is 1. The number of hydrogen-bond donors (Lipinski definition) is 2. The molecule has 2 N–H and O–H groups in total. The van der Waals surface area contributed by atoms with E-state index >= 15 is 0 Å². The highest BCUT2D eigenvalue weighted by molar-refractivity contribution is 5.59. The fraction of sp³-hybridized carbons (Fsp3) is 0.538. The third-order valence-corrected chi connectivity index (χ3v) is 3.00. The first kappa shape index (κ1) is 10.5. The van der Waals surface area contributed by atoms with Gasteiger partial charge in [0.15, 0.2) is 0 Å². The maximum Gasteiger partial charge on any atom is 0.0229 e. The monoisotopic (exact) mass is 204 g/mol. The van der Waals surface area contributed by atoms with E-state index in [-0.39, 0.29) is 0 Å². The largest absolute Gasteiger partial charge is 0.361 e. The lowest BCUT2D eigenvalue weighted by Crippen LogP contribution is -2.23. The smallest absolute Gasteiger partial charge is 0.0229 e. The molecule has 0 aromatic carbocycles. The van der Waals surface area contributed by atoms with E-state index in [0.717, 1.165) is 25.9 Å². The second-order valence-electron chi connectivity index (χ2n) is 4.15. The van der Waals surface area contributed by atoms with Crippen molar-refractivity contribution in [2.24, 2.45) is 0 Å². The van der Waals surface area contributed by atoms with Gasteiger partial charge in [0.1, 0.15) is 0 Å². The van der Waals surface area contributed by atoms with Crippen LogP contribution in [0.5, 0.6) is 0 Å². The van der Waals surface area contributed by atoms with Gasteiger partial charge in [-0.15, -0.1) is 0 Å². The zero-order chi connectivity index (χ0) is 10.7. The molecule has 0 fully saturated rings. The number of fused-ring (bicyclic) bond motifs is 1. The summed E-state index contributed by atoms with van der Waals surface area (Å²) in [5, 5.41) is 3.44. The molecule has 0 saturated carbocycles. The molecule has 0 unspecified atom stereocenters. The number of H-pyrrole nitrogens is 1. The van der Waals surface area contributed by atoms with Gasteiger partial charge in [0, 0.05) is 30.9 Å². The van der Waals surface area contributed by atoms with Crippen molar-refractivity contribution in [3.05, 3.63) is 28.6 Å². The van der Waals surface area contributed by atoms with Crippen LogP contribution in [-0.4, -0.2) is 11.5 Å². The molecular formula is C13H20N2. The van der Waals surface area contributed by atoms with Gasteiger partial charge in [-0.05, 0) is 24.5 Å². The maximum absolute atomic E-state index is 3.60. The summed E-state index contributed by atoms with van der Waals surface area (Å²) in [6, 6.07) is 0. The highest BCUT2D eigenvalue weighted by Crippen LogP contribution is 2.24. The Labute approximate surface area is 91.8 Å². The molecule has 0 atom stereocenters. The number of hydrogen-bond acceptors (Lipinski definition) is 1. The summed E-state index contributed by atoms with van der Waals surface area (Å²) in [5.41, 5.74) is 5.79. The first-order chi connectivity index (χ1) is 7.36. The lowest BCUT2D eigenvalue weighted by molar-refractivity contribution is 0.637. The van der Waals surface area contributed by atoms with E-state index in [1.54, 1.807) is 0 Å². The van der Waals surface area contributed by atoms with Crippen LogP contribution >= 0.6 is 0 Å². The Kier molecular flexibility index (Phi) is 3.27. The summed E-state index contributed by atoms with van der Waals surface area (Å²) in [4.78, 5) is 3.60. The summed E-state index contributed by atoms with van der Waals surface area (Å²) >= 11 is 0. The minimum Gasteiger partial charge on any atom is -0.361 e. The average Bonchev–Trinajstić information content (AvgIpc) is 2.59. The van der Waals surface area contributed by atoms with E-state index in [1.165, 1.54) is 28.9 Å². The quantitative estimate of drug-likeness (QED) is 0.778. The van der Waals surface area contributed by atoms with Crippen LogP contribution in [0.15, 0.2) is 6.08 Å². The van der Waals surface area contributed by atoms with Gasteiger partial charge in [-0.2, -0.15) is 0 Å². The molecule has 82 valence electrons. The molecule has 2 heteroatoms. The third kappa shape index (κ3) is 2.00. The Bertz CT molecular complexity index is 361. The molecule has 0 saturated heterocycles. The second kappa shape index (κ2) is 4.67. The molecule has 0 amide bonds. The van der Waals surface area contributed by atoms with Crippen molar-refractivity contribution in [2.45, 2.75) is 39.7 Å². The fourth-order valence-corrected chi connectivity index (χ4v) is 2.33. The van der Waals surface area contributed by atoms with Crippen LogP contribution in [0.3, 0.4) is 0 Å². The second-order valence-corrected chi connectivity index (χ2v) is 4.15. The maximum atomic E-state index is 3.60. The molecule has 1 aliphatic rings. The first-order valence-electron chi connectivity index (χ1n) is 5.92. The Morgan fingerprint density at radius 2 is 2.27 bits per heavy atom. The molecule has 2 nitrogen and oxygen atoms in total. The SMILES string of the molecule is C/C=C\c1c(CCC)[nH]c2c1CNCC2. The van der Waals surface area contributed by atoms with Gasteiger partial charge >= 0.3 is 0 Å². The molecule has 2 rings (SSSR count). The van der Waals surface area contributed by atoms with Gasteiger partial charge in [-0.3, -0.25) is 0 Å². The van der Waals surface area contributed by atoms with Crippen LogP contribution in [0.25, 0.3) is 6.08 Å². The molecule has 2 heterocycles. The normalized spacial score (nSPS) is 15.9. The highest BCUT2D eigenvalue weighted by atomic mass is 14.9.